The minimum absolute atomic E-state index is 0.0475. The van der Waals surface area contributed by atoms with Crippen LogP contribution in [0.25, 0.3) is 5.70 Å². The molecule has 4 N–H and O–H groups in total. The van der Waals surface area contributed by atoms with Crippen molar-refractivity contribution in [1.82, 2.24) is 15.3 Å². The molecular formula is C20H24N6O. The Balaban J connectivity index is 1.53. The van der Waals surface area contributed by atoms with Gasteiger partial charge in [-0.2, -0.15) is 0 Å². The lowest BCUT2D eigenvalue weighted by Gasteiger charge is -2.18. The normalized spacial score (nSPS) is 13.6. The minimum Gasteiger partial charge on any atom is -0.353 e. The van der Waals surface area contributed by atoms with Gasteiger partial charge in [0.25, 0.3) is 0 Å². The molecule has 1 aromatic heterocycles. The van der Waals surface area contributed by atoms with Crippen molar-refractivity contribution < 1.29 is 4.79 Å². The van der Waals surface area contributed by atoms with E-state index in [1.165, 1.54) is 5.57 Å². The van der Waals surface area contributed by atoms with E-state index in [1.807, 2.05) is 30.3 Å². The number of urea groups is 1. The van der Waals surface area contributed by atoms with Crippen LogP contribution in [0.5, 0.6) is 0 Å². The number of rotatable bonds is 4. The molecule has 0 spiro atoms. The maximum absolute atomic E-state index is 12.2. The number of anilines is 2. The first-order chi connectivity index (χ1) is 12.8. The number of hydrogen-bond donors (Lipinski definition) is 4. The van der Waals surface area contributed by atoms with Crippen LogP contribution in [0, 0.1) is 5.41 Å². The van der Waals surface area contributed by atoms with E-state index in [9.17, 15) is 4.79 Å². The minimum atomic E-state index is -0.319. The number of aromatic amines is 1. The van der Waals surface area contributed by atoms with E-state index in [2.05, 4.69) is 58.3 Å². The number of carbonyl (C=O) groups is 1. The molecule has 0 fully saturated rings. The SMILES string of the molecule is C=C(Nc1ccc(NC(=O)NC2=NCC(C(C)(C)C)=C2)cc1)c1ncc[nH]1. The highest BCUT2D eigenvalue weighted by molar-refractivity contribution is 6.09. The van der Waals surface area contributed by atoms with Crippen molar-refractivity contribution in [3.63, 3.8) is 0 Å². The molecule has 140 valence electrons. The van der Waals surface area contributed by atoms with Crippen molar-refractivity contribution in [1.29, 1.82) is 0 Å². The summed E-state index contributed by atoms with van der Waals surface area (Å²) >= 11 is 0. The molecular weight excluding hydrogens is 340 g/mol. The first-order valence-corrected chi connectivity index (χ1v) is 8.70. The third-order valence-electron chi connectivity index (χ3n) is 4.16. The number of carbonyl (C=O) groups excluding carboxylic acids is 1. The second-order valence-electron chi connectivity index (χ2n) is 7.32. The average Bonchev–Trinajstić information content (AvgIpc) is 3.27. The van der Waals surface area contributed by atoms with Crippen molar-refractivity contribution in [2.75, 3.05) is 17.2 Å². The van der Waals surface area contributed by atoms with Gasteiger partial charge < -0.3 is 15.6 Å². The molecule has 0 unspecified atom stereocenters. The standard InChI is InChI=1S/C20H24N6O/c1-13(18-21-9-10-22-18)24-15-5-7-16(8-6-15)25-19(27)26-17-11-14(12-23-17)20(2,3)4/h5-11,24H,1,12H2,2-4H3,(H,21,22)(H2,23,25,26,27). The molecule has 2 heterocycles. The van der Waals surface area contributed by atoms with Gasteiger partial charge in [0.05, 0.1) is 12.2 Å². The van der Waals surface area contributed by atoms with Crippen molar-refractivity contribution in [2.24, 2.45) is 10.4 Å². The summed E-state index contributed by atoms with van der Waals surface area (Å²) in [6.07, 6.45) is 5.34. The van der Waals surface area contributed by atoms with E-state index >= 15 is 0 Å². The van der Waals surface area contributed by atoms with Crippen LogP contribution in [0.3, 0.4) is 0 Å². The molecule has 0 radical (unpaired) electrons. The Kier molecular flexibility index (Phi) is 5.12. The summed E-state index contributed by atoms with van der Waals surface area (Å²) < 4.78 is 0. The highest BCUT2D eigenvalue weighted by Gasteiger charge is 2.21. The Morgan fingerprint density at radius 3 is 2.33 bits per heavy atom. The van der Waals surface area contributed by atoms with Gasteiger partial charge in [0.2, 0.25) is 0 Å². The van der Waals surface area contributed by atoms with Crippen molar-refractivity contribution in [3.8, 4) is 0 Å². The number of nitrogens with zero attached hydrogens (tertiary/aromatic N) is 2. The lowest BCUT2D eigenvalue weighted by Crippen LogP contribution is -2.32. The molecule has 1 aliphatic rings. The van der Waals surface area contributed by atoms with Crippen LogP contribution < -0.4 is 16.0 Å². The highest BCUT2D eigenvalue weighted by atomic mass is 16.2. The second-order valence-corrected chi connectivity index (χ2v) is 7.32. The summed E-state index contributed by atoms with van der Waals surface area (Å²) in [5.74, 6) is 1.27. The predicted octanol–water partition coefficient (Wildman–Crippen LogP) is 4.00. The van der Waals surface area contributed by atoms with E-state index in [0.717, 1.165) is 5.69 Å². The third kappa shape index (κ3) is 4.84. The van der Waals surface area contributed by atoms with E-state index < -0.39 is 0 Å². The number of H-pyrrole nitrogens is 1. The van der Waals surface area contributed by atoms with Crippen LogP contribution in [0.2, 0.25) is 0 Å². The topological polar surface area (TPSA) is 94.2 Å². The molecule has 2 amide bonds. The van der Waals surface area contributed by atoms with Crippen LogP contribution in [0.4, 0.5) is 16.2 Å². The quantitative estimate of drug-likeness (QED) is 0.660. The molecule has 0 aliphatic carbocycles. The monoisotopic (exact) mass is 364 g/mol. The first kappa shape index (κ1) is 18.4. The molecule has 0 bridgehead atoms. The molecule has 7 heteroatoms. The molecule has 27 heavy (non-hydrogen) atoms. The van der Waals surface area contributed by atoms with Gasteiger partial charge in [0, 0.05) is 23.8 Å². The second kappa shape index (κ2) is 7.49. The number of benzene rings is 1. The lowest BCUT2D eigenvalue weighted by atomic mass is 9.87. The van der Waals surface area contributed by atoms with E-state index in [1.54, 1.807) is 12.4 Å². The summed E-state index contributed by atoms with van der Waals surface area (Å²) in [6.45, 7) is 11.0. The zero-order valence-electron chi connectivity index (χ0n) is 15.8. The molecule has 1 aliphatic heterocycles. The van der Waals surface area contributed by atoms with Gasteiger partial charge in [-0.25, -0.2) is 9.78 Å². The van der Waals surface area contributed by atoms with Crippen LogP contribution in [-0.4, -0.2) is 28.4 Å². The Labute approximate surface area is 158 Å². The first-order valence-electron chi connectivity index (χ1n) is 8.70. The molecule has 1 aromatic carbocycles. The number of nitrogens with one attached hydrogen (secondary N) is 4. The van der Waals surface area contributed by atoms with Gasteiger partial charge in [-0.1, -0.05) is 27.4 Å². The highest BCUT2D eigenvalue weighted by Crippen LogP contribution is 2.27. The van der Waals surface area contributed by atoms with Gasteiger partial charge in [0.15, 0.2) is 5.82 Å². The van der Waals surface area contributed by atoms with E-state index in [0.29, 0.717) is 29.6 Å². The van der Waals surface area contributed by atoms with E-state index in [4.69, 9.17) is 0 Å². The fourth-order valence-electron chi connectivity index (χ4n) is 2.54. The fourth-order valence-corrected chi connectivity index (χ4v) is 2.54. The van der Waals surface area contributed by atoms with Crippen LogP contribution in [0.1, 0.15) is 26.6 Å². The van der Waals surface area contributed by atoms with Crippen LogP contribution in [0.15, 0.2) is 59.9 Å². The zero-order chi connectivity index (χ0) is 19.4. The maximum Gasteiger partial charge on any atom is 0.324 e. The number of imidazole rings is 1. The Bertz CT molecular complexity index is 886. The van der Waals surface area contributed by atoms with Crippen molar-refractivity contribution in [2.45, 2.75) is 20.8 Å². The maximum atomic E-state index is 12.2. The van der Waals surface area contributed by atoms with Crippen LogP contribution in [-0.2, 0) is 0 Å². The Morgan fingerprint density at radius 2 is 1.78 bits per heavy atom. The molecule has 0 atom stereocenters. The number of aliphatic imine (C=N–C) groups is 1. The molecule has 0 saturated carbocycles. The summed E-state index contributed by atoms with van der Waals surface area (Å²) in [7, 11) is 0. The number of hydrogen-bond acceptors (Lipinski definition) is 4. The fraction of sp³-hybridized carbons (Fsp3) is 0.250. The van der Waals surface area contributed by atoms with Crippen molar-refractivity contribution >= 4 is 28.9 Å². The smallest absolute Gasteiger partial charge is 0.324 e. The summed E-state index contributed by atoms with van der Waals surface area (Å²) in [4.78, 5) is 23.7. The Morgan fingerprint density at radius 1 is 1.11 bits per heavy atom. The van der Waals surface area contributed by atoms with Gasteiger partial charge in [-0.05, 0) is 41.3 Å². The number of amides is 2. The van der Waals surface area contributed by atoms with Crippen LogP contribution >= 0.6 is 0 Å². The summed E-state index contributed by atoms with van der Waals surface area (Å²) in [5, 5.41) is 8.74. The van der Waals surface area contributed by atoms with Gasteiger partial charge in [0.1, 0.15) is 5.84 Å². The van der Waals surface area contributed by atoms with Crippen molar-refractivity contribution in [3.05, 3.63) is 60.7 Å². The lowest BCUT2D eigenvalue weighted by molar-refractivity contribution is 0.256. The number of aromatic nitrogens is 2. The molecule has 7 nitrogen and oxygen atoms in total. The molecule has 3 rings (SSSR count). The average molecular weight is 364 g/mol. The van der Waals surface area contributed by atoms with E-state index in [-0.39, 0.29) is 11.4 Å². The number of amidine groups is 1. The molecule has 2 aromatic rings. The third-order valence-corrected chi connectivity index (χ3v) is 4.16. The van der Waals surface area contributed by atoms with Gasteiger partial charge >= 0.3 is 6.03 Å². The van der Waals surface area contributed by atoms with Gasteiger partial charge in [-0.3, -0.25) is 10.3 Å². The largest absolute Gasteiger partial charge is 0.353 e. The summed E-state index contributed by atoms with van der Waals surface area (Å²) in [6, 6.07) is 7.01. The molecule has 0 saturated heterocycles. The van der Waals surface area contributed by atoms with Gasteiger partial charge in [-0.15, -0.1) is 0 Å². The Hall–Kier alpha value is -3.35. The predicted molar refractivity (Wildman–Crippen MR) is 110 cm³/mol. The summed E-state index contributed by atoms with van der Waals surface area (Å²) in [5.41, 5.74) is 3.44. The zero-order valence-corrected chi connectivity index (χ0v) is 15.8.